The van der Waals surface area contributed by atoms with Gasteiger partial charge in [0.1, 0.15) is 11.4 Å². The van der Waals surface area contributed by atoms with Crippen LogP contribution >= 0.6 is 0 Å². The maximum absolute atomic E-state index is 14.1. The van der Waals surface area contributed by atoms with Crippen LogP contribution in [0, 0.1) is 6.92 Å². The van der Waals surface area contributed by atoms with Gasteiger partial charge in [0.05, 0.1) is 0 Å². The molecule has 0 saturated heterocycles. The molecule has 1 N–H and O–H groups in total. The van der Waals surface area contributed by atoms with Crippen molar-refractivity contribution >= 4 is 11.6 Å². The Balaban J connectivity index is 2.28. The van der Waals surface area contributed by atoms with Gasteiger partial charge in [0.15, 0.2) is 0 Å². The van der Waals surface area contributed by atoms with E-state index in [9.17, 15) is 9.18 Å². The summed E-state index contributed by atoms with van der Waals surface area (Å²) < 4.78 is 14.1. The molecular formula is C20H25FN2O. The van der Waals surface area contributed by atoms with E-state index in [0.29, 0.717) is 11.3 Å². The molecule has 2 rings (SSSR count). The normalized spacial score (nSPS) is 12.1. The summed E-state index contributed by atoms with van der Waals surface area (Å²) in [5.74, 6) is -0.343. The molecule has 2 aromatic rings. The van der Waals surface area contributed by atoms with Crippen LogP contribution in [0.5, 0.6) is 0 Å². The maximum atomic E-state index is 14.1. The van der Waals surface area contributed by atoms with E-state index in [1.807, 2.05) is 18.2 Å². The Morgan fingerprint density at radius 2 is 1.75 bits per heavy atom. The summed E-state index contributed by atoms with van der Waals surface area (Å²) in [4.78, 5) is 16.5. The number of halogens is 1. The lowest BCUT2D eigenvalue weighted by Crippen LogP contribution is -2.18. The molecule has 0 radical (unpaired) electrons. The van der Waals surface area contributed by atoms with Crippen molar-refractivity contribution < 1.29 is 9.18 Å². The van der Waals surface area contributed by atoms with Gasteiger partial charge in [0.25, 0.3) is 5.91 Å². The number of nitrogens with zero attached hydrogens (tertiary/aromatic N) is 1. The second kappa shape index (κ2) is 6.34. The van der Waals surface area contributed by atoms with Crippen LogP contribution in [0.1, 0.15) is 61.8 Å². The zero-order valence-electron chi connectivity index (χ0n) is 15.2. The minimum atomic E-state index is -1.51. The number of alkyl halides is 1. The summed E-state index contributed by atoms with van der Waals surface area (Å²) in [7, 11) is 0. The van der Waals surface area contributed by atoms with E-state index in [0.717, 1.165) is 0 Å². The smallest absolute Gasteiger partial charge is 0.274 e. The molecule has 0 aliphatic carbocycles. The van der Waals surface area contributed by atoms with Crippen LogP contribution in [0.25, 0.3) is 0 Å². The molecule has 1 heterocycles. The molecule has 0 aliphatic rings. The van der Waals surface area contributed by atoms with Crippen molar-refractivity contribution in [2.45, 2.75) is 52.6 Å². The highest BCUT2D eigenvalue weighted by molar-refractivity contribution is 6.03. The molecule has 4 heteroatoms. The van der Waals surface area contributed by atoms with Gasteiger partial charge in [-0.3, -0.25) is 9.78 Å². The summed E-state index contributed by atoms with van der Waals surface area (Å²) in [6, 6.07) is 8.92. The highest BCUT2D eigenvalue weighted by Crippen LogP contribution is 2.28. The van der Waals surface area contributed by atoms with Gasteiger partial charge in [-0.2, -0.15) is 0 Å². The van der Waals surface area contributed by atoms with Crippen molar-refractivity contribution in [1.29, 1.82) is 0 Å². The molecular weight excluding hydrogens is 303 g/mol. The monoisotopic (exact) mass is 328 g/mol. The number of pyridine rings is 1. The number of nitrogens with one attached hydrogen (secondary N) is 1. The number of amides is 1. The second-order valence-electron chi connectivity index (χ2n) is 7.64. The number of aryl methyl sites for hydroxylation is 1. The van der Waals surface area contributed by atoms with Crippen LogP contribution in [0.4, 0.5) is 10.1 Å². The minimum absolute atomic E-state index is 0.0127. The van der Waals surface area contributed by atoms with Gasteiger partial charge in [-0.15, -0.1) is 0 Å². The Hall–Kier alpha value is -2.23. The van der Waals surface area contributed by atoms with E-state index in [2.05, 4.69) is 38.0 Å². The Morgan fingerprint density at radius 3 is 2.33 bits per heavy atom. The zero-order chi connectivity index (χ0) is 18.1. The van der Waals surface area contributed by atoms with Gasteiger partial charge >= 0.3 is 0 Å². The van der Waals surface area contributed by atoms with Crippen molar-refractivity contribution in [3.05, 3.63) is 58.9 Å². The Labute approximate surface area is 143 Å². The number of carbonyl (C=O) groups is 1. The third-order valence-corrected chi connectivity index (χ3v) is 3.98. The SMILES string of the molecule is Cc1ccc(NC(=O)c2cc(C(C)(C)F)ccn2)cc1C(C)(C)C. The lowest BCUT2D eigenvalue weighted by molar-refractivity contribution is 0.102. The van der Waals surface area contributed by atoms with E-state index >= 15 is 0 Å². The fourth-order valence-corrected chi connectivity index (χ4v) is 2.63. The van der Waals surface area contributed by atoms with Crippen LogP contribution in [0.15, 0.2) is 36.5 Å². The molecule has 128 valence electrons. The average molecular weight is 328 g/mol. The predicted octanol–water partition coefficient (Wildman–Crippen LogP) is 5.14. The molecule has 0 atom stereocenters. The van der Waals surface area contributed by atoms with Crippen LogP contribution < -0.4 is 5.32 Å². The standard InChI is InChI=1S/C20H25FN2O/c1-13-7-8-15(12-16(13)19(2,3)4)23-18(24)17-11-14(9-10-22-17)20(5,6)21/h7-12H,1-6H3,(H,23,24). The number of benzene rings is 1. The van der Waals surface area contributed by atoms with Crippen molar-refractivity contribution in [3.8, 4) is 0 Å². The Bertz CT molecular complexity index is 755. The molecule has 0 bridgehead atoms. The topological polar surface area (TPSA) is 42.0 Å². The molecule has 1 aromatic carbocycles. The highest BCUT2D eigenvalue weighted by atomic mass is 19.1. The molecule has 24 heavy (non-hydrogen) atoms. The minimum Gasteiger partial charge on any atom is -0.321 e. The fraction of sp³-hybridized carbons (Fsp3) is 0.400. The molecule has 0 fully saturated rings. The number of hydrogen-bond acceptors (Lipinski definition) is 2. The molecule has 0 aliphatic heterocycles. The predicted molar refractivity (Wildman–Crippen MR) is 96.2 cm³/mol. The fourth-order valence-electron chi connectivity index (χ4n) is 2.63. The first-order valence-corrected chi connectivity index (χ1v) is 8.06. The molecule has 0 unspecified atom stereocenters. The first-order valence-electron chi connectivity index (χ1n) is 8.06. The number of aromatic nitrogens is 1. The van der Waals surface area contributed by atoms with Crippen LogP contribution in [0.3, 0.4) is 0 Å². The first kappa shape index (κ1) is 18.1. The lowest BCUT2D eigenvalue weighted by atomic mass is 9.84. The van der Waals surface area contributed by atoms with Gasteiger partial charge in [0.2, 0.25) is 0 Å². The van der Waals surface area contributed by atoms with Crippen LogP contribution in [0.2, 0.25) is 0 Å². The number of anilines is 1. The van der Waals surface area contributed by atoms with Crippen molar-refractivity contribution in [1.82, 2.24) is 4.98 Å². The van der Waals surface area contributed by atoms with Gasteiger partial charge in [-0.05, 0) is 67.1 Å². The number of rotatable bonds is 3. The molecule has 3 nitrogen and oxygen atoms in total. The second-order valence-corrected chi connectivity index (χ2v) is 7.64. The van der Waals surface area contributed by atoms with E-state index in [1.165, 1.54) is 37.2 Å². The van der Waals surface area contributed by atoms with E-state index in [1.54, 1.807) is 6.07 Å². The number of carbonyl (C=O) groups excluding carboxylic acids is 1. The third-order valence-electron chi connectivity index (χ3n) is 3.98. The summed E-state index contributed by atoms with van der Waals surface area (Å²) in [6.07, 6.45) is 1.46. The highest BCUT2D eigenvalue weighted by Gasteiger charge is 2.21. The van der Waals surface area contributed by atoms with Gasteiger partial charge < -0.3 is 5.32 Å². The van der Waals surface area contributed by atoms with Crippen molar-refractivity contribution in [2.24, 2.45) is 0 Å². The lowest BCUT2D eigenvalue weighted by Gasteiger charge is -2.22. The third kappa shape index (κ3) is 4.19. The molecule has 0 saturated carbocycles. The Morgan fingerprint density at radius 1 is 1.08 bits per heavy atom. The molecule has 0 spiro atoms. The summed E-state index contributed by atoms with van der Waals surface area (Å²) in [5, 5.41) is 2.85. The largest absolute Gasteiger partial charge is 0.321 e. The van der Waals surface area contributed by atoms with E-state index < -0.39 is 5.67 Å². The van der Waals surface area contributed by atoms with Crippen LogP contribution in [-0.2, 0) is 11.1 Å². The number of hydrogen-bond donors (Lipinski definition) is 1. The molecule has 1 amide bonds. The maximum Gasteiger partial charge on any atom is 0.274 e. The quantitative estimate of drug-likeness (QED) is 0.847. The summed E-state index contributed by atoms with van der Waals surface area (Å²) >= 11 is 0. The summed E-state index contributed by atoms with van der Waals surface area (Å²) in [5.41, 5.74) is 2.18. The van der Waals surface area contributed by atoms with Gasteiger partial charge in [-0.25, -0.2) is 4.39 Å². The van der Waals surface area contributed by atoms with Crippen LogP contribution in [-0.4, -0.2) is 10.9 Å². The van der Waals surface area contributed by atoms with Gasteiger partial charge in [0, 0.05) is 11.9 Å². The van der Waals surface area contributed by atoms with Crippen molar-refractivity contribution in [3.63, 3.8) is 0 Å². The molecule has 1 aromatic heterocycles. The van der Waals surface area contributed by atoms with Gasteiger partial charge in [-0.1, -0.05) is 26.8 Å². The summed E-state index contributed by atoms with van der Waals surface area (Å²) in [6.45, 7) is 11.4. The Kier molecular flexibility index (Phi) is 4.79. The van der Waals surface area contributed by atoms with Crippen molar-refractivity contribution in [2.75, 3.05) is 5.32 Å². The zero-order valence-corrected chi connectivity index (χ0v) is 15.2. The van der Waals surface area contributed by atoms with E-state index in [4.69, 9.17) is 0 Å². The first-order chi connectivity index (χ1) is 11.0. The van der Waals surface area contributed by atoms with E-state index in [-0.39, 0.29) is 17.0 Å². The average Bonchev–Trinajstić information content (AvgIpc) is 2.47.